The number of benzene rings is 1. The van der Waals surface area contributed by atoms with E-state index in [1.54, 1.807) is 0 Å². The lowest BCUT2D eigenvalue weighted by Crippen LogP contribution is -2.22. The molecule has 0 N–H and O–H groups in total. The molecular weight excluding hydrogens is 408 g/mol. The van der Waals surface area contributed by atoms with Crippen molar-refractivity contribution >= 4 is 17.1 Å². The van der Waals surface area contributed by atoms with Crippen LogP contribution in [0.3, 0.4) is 0 Å². The van der Waals surface area contributed by atoms with Crippen molar-refractivity contribution in [2.45, 2.75) is 51.9 Å². The number of fused-ring (bicyclic) bond motifs is 1. The van der Waals surface area contributed by atoms with E-state index in [0.29, 0.717) is 5.92 Å². The van der Waals surface area contributed by atoms with Crippen LogP contribution in [0.1, 0.15) is 61.1 Å². The Kier molecular flexibility index (Phi) is 5.39. The molecule has 0 radical (unpaired) electrons. The number of imidazole rings is 1. The van der Waals surface area contributed by atoms with E-state index < -0.39 is 0 Å². The molecule has 170 valence electrons. The normalized spacial score (nSPS) is 16.6. The van der Waals surface area contributed by atoms with Gasteiger partial charge in [-0.1, -0.05) is 45.0 Å². The van der Waals surface area contributed by atoms with Gasteiger partial charge in [0.2, 0.25) is 5.95 Å². The summed E-state index contributed by atoms with van der Waals surface area (Å²) in [6.07, 6.45) is 7.50. The molecule has 3 aromatic heterocycles. The number of aryl methyl sites for hydroxylation is 2. The minimum absolute atomic E-state index is 0.109. The van der Waals surface area contributed by atoms with Crippen molar-refractivity contribution < 1.29 is 0 Å². The second-order valence-electron chi connectivity index (χ2n) is 10.3. The van der Waals surface area contributed by atoms with Gasteiger partial charge in [0.1, 0.15) is 5.52 Å². The number of anilines is 1. The van der Waals surface area contributed by atoms with Crippen molar-refractivity contribution in [3.63, 3.8) is 0 Å². The first-order valence-electron chi connectivity index (χ1n) is 11.7. The van der Waals surface area contributed by atoms with Gasteiger partial charge < -0.3 is 9.47 Å². The fourth-order valence-electron chi connectivity index (χ4n) is 4.73. The Labute approximate surface area is 195 Å². The highest BCUT2D eigenvalue weighted by molar-refractivity contribution is 5.75. The van der Waals surface area contributed by atoms with Crippen molar-refractivity contribution in [1.29, 1.82) is 0 Å². The highest BCUT2D eigenvalue weighted by Gasteiger charge is 2.27. The van der Waals surface area contributed by atoms with Gasteiger partial charge in [-0.15, -0.1) is 0 Å². The van der Waals surface area contributed by atoms with E-state index >= 15 is 0 Å². The van der Waals surface area contributed by atoms with Crippen LogP contribution in [0.2, 0.25) is 0 Å². The Hall–Kier alpha value is -3.28. The average Bonchev–Trinajstić information content (AvgIpc) is 3.43. The molecule has 5 rings (SSSR count). The van der Waals surface area contributed by atoms with E-state index in [1.165, 1.54) is 22.3 Å². The van der Waals surface area contributed by atoms with Crippen molar-refractivity contribution in [3.05, 3.63) is 77.0 Å². The SMILES string of the molecule is Cc1ccc(C(C)(C)C)cc1Cc1nc(N2CCC(c3cccnc3)C2)nc2ncn(C)c12. The summed E-state index contributed by atoms with van der Waals surface area (Å²) in [5.41, 5.74) is 8.16. The fourth-order valence-corrected chi connectivity index (χ4v) is 4.73. The van der Waals surface area contributed by atoms with Gasteiger partial charge in [0, 0.05) is 44.9 Å². The zero-order valence-corrected chi connectivity index (χ0v) is 20.2. The van der Waals surface area contributed by atoms with E-state index in [1.807, 2.05) is 36.4 Å². The number of rotatable bonds is 4. The topological polar surface area (TPSA) is 59.7 Å². The summed E-state index contributed by atoms with van der Waals surface area (Å²) in [5.74, 6) is 1.24. The second-order valence-corrected chi connectivity index (χ2v) is 10.3. The van der Waals surface area contributed by atoms with E-state index in [2.05, 4.69) is 66.8 Å². The molecule has 1 aromatic carbocycles. The number of hydrogen-bond acceptors (Lipinski definition) is 5. The first kappa shape index (κ1) is 21.6. The highest BCUT2D eigenvalue weighted by Crippen LogP contribution is 2.31. The number of nitrogens with zero attached hydrogens (tertiary/aromatic N) is 6. The molecule has 0 spiro atoms. The molecule has 0 saturated carbocycles. The van der Waals surface area contributed by atoms with Crippen molar-refractivity contribution in [2.75, 3.05) is 18.0 Å². The van der Waals surface area contributed by atoms with Gasteiger partial charge in [-0.2, -0.15) is 4.98 Å². The minimum atomic E-state index is 0.109. The summed E-state index contributed by atoms with van der Waals surface area (Å²) >= 11 is 0. The lowest BCUT2D eigenvalue weighted by atomic mass is 9.84. The third-order valence-corrected chi connectivity index (χ3v) is 6.83. The van der Waals surface area contributed by atoms with Crippen molar-refractivity contribution in [3.8, 4) is 0 Å². The molecule has 1 fully saturated rings. The predicted molar refractivity (Wildman–Crippen MR) is 133 cm³/mol. The van der Waals surface area contributed by atoms with Crippen LogP contribution in [0.4, 0.5) is 5.95 Å². The predicted octanol–water partition coefficient (Wildman–Crippen LogP) is 4.95. The van der Waals surface area contributed by atoms with Crippen LogP contribution < -0.4 is 4.90 Å². The minimum Gasteiger partial charge on any atom is -0.340 e. The maximum atomic E-state index is 5.11. The van der Waals surface area contributed by atoms with Crippen LogP contribution in [0.15, 0.2) is 49.1 Å². The number of aromatic nitrogens is 5. The summed E-state index contributed by atoms with van der Waals surface area (Å²) in [5, 5.41) is 0. The molecule has 1 aliphatic rings. The first-order chi connectivity index (χ1) is 15.8. The lowest BCUT2D eigenvalue weighted by Gasteiger charge is -2.21. The largest absolute Gasteiger partial charge is 0.340 e. The van der Waals surface area contributed by atoms with E-state index in [4.69, 9.17) is 9.97 Å². The van der Waals surface area contributed by atoms with Crippen LogP contribution in [-0.2, 0) is 18.9 Å². The van der Waals surface area contributed by atoms with Gasteiger partial charge in [-0.05, 0) is 47.1 Å². The summed E-state index contributed by atoms with van der Waals surface area (Å²) in [6, 6.07) is 11.0. The molecule has 33 heavy (non-hydrogen) atoms. The Morgan fingerprint density at radius 3 is 2.73 bits per heavy atom. The first-order valence-corrected chi connectivity index (χ1v) is 11.7. The molecule has 0 amide bonds. The molecule has 1 aliphatic heterocycles. The Balaban J connectivity index is 1.51. The maximum absolute atomic E-state index is 5.11. The van der Waals surface area contributed by atoms with Crippen molar-refractivity contribution in [1.82, 2.24) is 24.5 Å². The molecule has 4 aromatic rings. The van der Waals surface area contributed by atoms with Gasteiger partial charge in [-0.3, -0.25) is 4.98 Å². The standard InChI is InChI=1S/C27H32N6/c1-18-8-9-22(27(2,3)4)13-21(18)14-23-24-25(29-17-32(24)5)31-26(30-23)33-12-10-20(16-33)19-7-6-11-28-15-19/h6-9,11,13,15,17,20H,10,12,14,16H2,1-5H3. The second kappa shape index (κ2) is 8.25. The van der Waals surface area contributed by atoms with E-state index in [0.717, 1.165) is 48.7 Å². The number of hydrogen-bond donors (Lipinski definition) is 0. The summed E-state index contributed by atoms with van der Waals surface area (Å²) in [7, 11) is 2.02. The van der Waals surface area contributed by atoms with E-state index in [-0.39, 0.29) is 5.41 Å². The Morgan fingerprint density at radius 2 is 1.97 bits per heavy atom. The van der Waals surface area contributed by atoms with Crippen molar-refractivity contribution in [2.24, 2.45) is 7.05 Å². The summed E-state index contributed by atoms with van der Waals surface area (Å²) in [4.78, 5) is 21.2. The van der Waals surface area contributed by atoms with Crippen LogP contribution in [0.25, 0.3) is 11.2 Å². The smallest absolute Gasteiger partial charge is 0.227 e. The van der Waals surface area contributed by atoms with Gasteiger partial charge in [0.15, 0.2) is 5.65 Å². The van der Waals surface area contributed by atoms with Gasteiger partial charge in [0.05, 0.1) is 12.0 Å². The molecule has 1 atom stereocenters. The van der Waals surface area contributed by atoms with Crippen LogP contribution >= 0.6 is 0 Å². The van der Waals surface area contributed by atoms with Crippen LogP contribution in [0.5, 0.6) is 0 Å². The van der Waals surface area contributed by atoms with Crippen LogP contribution in [-0.4, -0.2) is 37.6 Å². The molecule has 1 saturated heterocycles. The fraction of sp³-hybridized carbons (Fsp3) is 0.407. The molecule has 4 heterocycles. The quantitative estimate of drug-likeness (QED) is 0.449. The molecule has 1 unspecified atom stereocenters. The monoisotopic (exact) mass is 440 g/mol. The Bertz CT molecular complexity index is 1290. The lowest BCUT2D eigenvalue weighted by molar-refractivity contribution is 0.589. The van der Waals surface area contributed by atoms with Gasteiger partial charge >= 0.3 is 0 Å². The summed E-state index contributed by atoms with van der Waals surface area (Å²) < 4.78 is 2.04. The number of pyridine rings is 1. The zero-order chi connectivity index (χ0) is 23.2. The molecule has 6 heteroatoms. The third-order valence-electron chi connectivity index (χ3n) is 6.83. The average molecular weight is 441 g/mol. The molecule has 0 bridgehead atoms. The molecule has 0 aliphatic carbocycles. The Morgan fingerprint density at radius 1 is 1.12 bits per heavy atom. The highest BCUT2D eigenvalue weighted by atomic mass is 15.3. The maximum Gasteiger partial charge on any atom is 0.227 e. The van der Waals surface area contributed by atoms with Gasteiger partial charge in [0.25, 0.3) is 0 Å². The summed E-state index contributed by atoms with van der Waals surface area (Å²) in [6.45, 7) is 10.8. The molecular formula is C27H32N6. The molecule has 6 nitrogen and oxygen atoms in total. The zero-order valence-electron chi connectivity index (χ0n) is 20.2. The van der Waals surface area contributed by atoms with E-state index in [9.17, 15) is 0 Å². The third kappa shape index (κ3) is 4.22. The van der Waals surface area contributed by atoms with Gasteiger partial charge in [-0.25, -0.2) is 9.97 Å². The van der Waals surface area contributed by atoms with Crippen LogP contribution in [0, 0.1) is 6.92 Å².